The second kappa shape index (κ2) is 6.99. The van der Waals surface area contributed by atoms with Crippen molar-refractivity contribution >= 4 is 0 Å². The van der Waals surface area contributed by atoms with Crippen molar-refractivity contribution in [3.05, 3.63) is 0 Å². The van der Waals surface area contributed by atoms with Crippen molar-refractivity contribution in [2.75, 3.05) is 33.5 Å². The van der Waals surface area contributed by atoms with Crippen LogP contribution < -0.4 is 0 Å². The van der Waals surface area contributed by atoms with Crippen LogP contribution in [0.15, 0.2) is 0 Å². The predicted octanol–water partition coefficient (Wildman–Crippen LogP) is 0.278. The Bertz CT molecular complexity index is 65.9. The van der Waals surface area contributed by atoms with E-state index in [1.807, 2.05) is 6.92 Å². The number of ether oxygens (including phenoxy) is 2. The summed E-state index contributed by atoms with van der Waals surface area (Å²) in [7, 11) is 1.64. The molecule has 0 unspecified atom stereocenters. The number of methoxy groups -OCH3 is 1. The van der Waals surface area contributed by atoms with Crippen molar-refractivity contribution in [1.29, 1.82) is 0 Å². The normalized spacial score (nSPS) is 13.5. The maximum atomic E-state index is 8.58. The molecule has 0 heterocycles. The molecule has 1 atom stereocenters. The summed E-state index contributed by atoms with van der Waals surface area (Å²) in [5.74, 6) is 0.233. The predicted molar refractivity (Wildman–Crippen MR) is 38.9 cm³/mol. The zero-order chi connectivity index (χ0) is 7.82. The second-order valence-electron chi connectivity index (χ2n) is 2.36. The van der Waals surface area contributed by atoms with Crippen LogP contribution in [0.25, 0.3) is 0 Å². The summed E-state index contributed by atoms with van der Waals surface area (Å²) in [4.78, 5) is 0. The van der Waals surface area contributed by atoms with Gasteiger partial charge in [-0.05, 0) is 0 Å². The third kappa shape index (κ3) is 6.01. The van der Waals surface area contributed by atoms with Crippen LogP contribution >= 0.6 is 0 Å². The Balaban J connectivity index is 2.89. The number of hydrogen-bond donors (Lipinski definition) is 1. The summed E-state index contributed by atoms with van der Waals surface area (Å²) in [6, 6.07) is 0. The first-order chi connectivity index (χ1) is 4.81. The maximum Gasteiger partial charge on any atom is 0.0700 e. The molecule has 3 heteroatoms. The minimum Gasteiger partial charge on any atom is -0.396 e. The molecule has 0 spiro atoms. The number of rotatable bonds is 6. The first-order valence-electron chi connectivity index (χ1n) is 3.48. The summed E-state index contributed by atoms with van der Waals surface area (Å²) < 4.78 is 9.91. The van der Waals surface area contributed by atoms with Crippen molar-refractivity contribution in [3.63, 3.8) is 0 Å². The van der Waals surface area contributed by atoms with E-state index in [-0.39, 0.29) is 12.5 Å². The van der Waals surface area contributed by atoms with Crippen LogP contribution in [0.4, 0.5) is 0 Å². The van der Waals surface area contributed by atoms with Crippen molar-refractivity contribution in [1.82, 2.24) is 0 Å². The average Bonchev–Trinajstić information content (AvgIpc) is 1.98. The lowest BCUT2D eigenvalue weighted by molar-refractivity contribution is 0.0421. The van der Waals surface area contributed by atoms with Gasteiger partial charge in [0.05, 0.1) is 19.8 Å². The fraction of sp³-hybridized carbons (Fsp3) is 1.00. The smallest absolute Gasteiger partial charge is 0.0700 e. The Labute approximate surface area is 62.0 Å². The first kappa shape index (κ1) is 9.88. The molecule has 0 saturated carbocycles. The quantitative estimate of drug-likeness (QED) is 0.550. The monoisotopic (exact) mass is 148 g/mol. The average molecular weight is 148 g/mol. The van der Waals surface area contributed by atoms with Gasteiger partial charge in [-0.3, -0.25) is 0 Å². The van der Waals surface area contributed by atoms with Crippen LogP contribution in [0.2, 0.25) is 0 Å². The van der Waals surface area contributed by atoms with Gasteiger partial charge in [-0.25, -0.2) is 0 Å². The van der Waals surface area contributed by atoms with Crippen LogP contribution in [-0.2, 0) is 9.47 Å². The minimum absolute atomic E-state index is 0.187. The van der Waals surface area contributed by atoms with Crippen LogP contribution in [0.1, 0.15) is 6.92 Å². The molecule has 0 aliphatic carbocycles. The van der Waals surface area contributed by atoms with Crippen LogP contribution in [0.3, 0.4) is 0 Å². The molecule has 0 fully saturated rings. The third-order valence-corrected chi connectivity index (χ3v) is 1.15. The van der Waals surface area contributed by atoms with Crippen molar-refractivity contribution in [2.24, 2.45) is 5.92 Å². The fourth-order valence-corrected chi connectivity index (χ4v) is 0.479. The summed E-state index contributed by atoms with van der Waals surface area (Å²) in [6.45, 7) is 3.97. The van der Waals surface area contributed by atoms with E-state index in [2.05, 4.69) is 0 Å². The van der Waals surface area contributed by atoms with E-state index in [0.29, 0.717) is 19.8 Å². The Morgan fingerprint density at radius 1 is 1.40 bits per heavy atom. The fourth-order valence-electron chi connectivity index (χ4n) is 0.479. The molecule has 3 nitrogen and oxygen atoms in total. The molecule has 0 radical (unpaired) electrons. The van der Waals surface area contributed by atoms with Gasteiger partial charge in [0.15, 0.2) is 0 Å². The second-order valence-corrected chi connectivity index (χ2v) is 2.36. The van der Waals surface area contributed by atoms with Gasteiger partial charge >= 0.3 is 0 Å². The van der Waals surface area contributed by atoms with Gasteiger partial charge in [0.2, 0.25) is 0 Å². The number of hydrogen-bond acceptors (Lipinski definition) is 3. The maximum absolute atomic E-state index is 8.58. The Morgan fingerprint density at radius 3 is 2.60 bits per heavy atom. The summed E-state index contributed by atoms with van der Waals surface area (Å²) >= 11 is 0. The topological polar surface area (TPSA) is 38.7 Å². The van der Waals surface area contributed by atoms with E-state index in [4.69, 9.17) is 14.6 Å². The van der Waals surface area contributed by atoms with Crippen molar-refractivity contribution in [3.8, 4) is 0 Å². The van der Waals surface area contributed by atoms with Gasteiger partial charge < -0.3 is 14.6 Å². The van der Waals surface area contributed by atoms with E-state index in [1.165, 1.54) is 0 Å². The molecule has 0 aromatic heterocycles. The largest absolute Gasteiger partial charge is 0.396 e. The molecule has 0 aliphatic rings. The summed E-state index contributed by atoms with van der Waals surface area (Å²) in [5, 5.41) is 8.58. The first-order valence-corrected chi connectivity index (χ1v) is 3.48. The molecule has 0 amide bonds. The number of aliphatic hydroxyl groups excluding tert-OH is 1. The SMILES string of the molecule is COCCOC[C@@H](C)CO. The molecule has 62 valence electrons. The van der Waals surface area contributed by atoms with Crippen LogP contribution in [0.5, 0.6) is 0 Å². The molecule has 1 N–H and O–H groups in total. The highest BCUT2D eigenvalue weighted by Crippen LogP contribution is 1.92. The minimum atomic E-state index is 0.187. The van der Waals surface area contributed by atoms with E-state index in [9.17, 15) is 0 Å². The lowest BCUT2D eigenvalue weighted by Gasteiger charge is -2.07. The Hall–Kier alpha value is -0.120. The zero-order valence-electron chi connectivity index (χ0n) is 6.67. The summed E-state index contributed by atoms with van der Waals surface area (Å²) in [5.41, 5.74) is 0. The highest BCUT2D eigenvalue weighted by atomic mass is 16.5. The van der Waals surface area contributed by atoms with Crippen molar-refractivity contribution < 1.29 is 14.6 Å². The van der Waals surface area contributed by atoms with Gasteiger partial charge in [-0.1, -0.05) is 6.92 Å². The highest BCUT2D eigenvalue weighted by Gasteiger charge is 1.97. The highest BCUT2D eigenvalue weighted by molar-refractivity contribution is 4.45. The number of aliphatic hydroxyl groups is 1. The lowest BCUT2D eigenvalue weighted by Crippen LogP contribution is -2.12. The molecular formula is C7H16O3. The van der Waals surface area contributed by atoms with Gasteiger partial charge in [0.25, 0.3) is 0 Å². The third-order valence-electron chi connectivity index (χ3n) is 1.15. The molecule has 0 saturated heterocycles. The van der Waals surface area contributed by atoms with E-state index >= 15 is 0 Å². The van der Waals surface area contributed by atoms with Gasteiger partial charge in [-0.15, -0.1) is 0 Å². The zero-order valence-corrected chi connectivity index (χ0v) is 6.67. The van der Waals surface area contributed by atoms with Gasteiger partial charge in [0.1, 0.15) is 0 Å². The Kier molecular flexibility index (Phi) is 6.91. The van der Waals surface area contributed by atoms with E-state index in [1.54, 1.807) is 7.11 Å². The molecule has 0 aromatic rings. The Morgan fingerprint density at radius 2 is 2.10 bits per heavy atom. The summed E-state index contributed by atoms with van der Waals surface area (Å²) in [6.07, 6.45) is 0. The van der Waals surface area contributed by atoms with Gasteiger partial charge in [0, 0.05) is 19.6 Å². The van der Waals surface area contributed by atoms with E-state index in [0.717, 1.165) is 0 Å². The standard InChI is InChI=1S/C7H16O3/c1-7(5-8)6-10-4-3-9-2/h7-8H,3-6H2,1-2H3/t7-/m0/s1. The molecule has 0 bridgehead atoms. The molecule has 0 aliphatic heterocycles. The van der Waals surface area contributed by atoms with Crippen molar-refractivity contribution in [2.45, 2.75) is 6.92 Å². The molecular weight excluding hydrogens is 132 g/mol. The molecule has 0 aromatic carbocycles. The van der Waals surface area contributed by atoms with E-state index < -0.39 is 0 Å². The molecule has 0 rings (SSSR count). The van der Waals surface area contributed by atoms with Gasteiger partial charge in [-0.2, -0.15) is 0 Å². The lowest BCUT2D eigenvalue weighted by atomic mass is 10.2. The van der Waals surface area contributed by atoms with Crippen LogP contribution in [0, 0.1) is 5.92 Å². The molecule has 10 heavy (non-hydrogen) atoms. The van der Waals surface area contributed by atoms with Crippen LogP contribution in [-0.4, -0.2) is 38.6 Å².